The van der Waals surface area contributed by atoms with Crippen LogP contribution < -0.4 is 0 Å². The smallest absolute Gasteiger partial charge is 0.277 e. The van der Waals surface area contributed by atoms with Gasteiger partial charge in [0.2, 0.25) is 11.8 Å². The summed E-state index contributed by atoms with van der Waals surface area (Å²) in [5.74, 6) is 0.602. The van der Waals surface area contributed by atoms with Gasteiger partial charge in [-0.1, -0.05) is 59.8 Å². The Hall–Kier alpha value is -2.64. The second kappa shape index (κ2) is 9.45. The third-order valence-corrected chi connectivity index (χ3v) is 6.15. The van der Waals surface area contributed by atoms with E-state index in [1.807, 2.05) is 49.1 Å². The average Bonchev–Trinajstić information content (AvgIpc) is 3.23. The zero-order valence-electron chi connectivity index (χ0n) is 17.3. The quantitative estimate of drug-likeness (QED) is 0.562. The number of nitrogens with zero attached hydrogens (tertiary/aromatic N) is 4. The van der Waals surface area contributed by atoms with E-state index in [0.29, 0.717) is 11.1 Å². The first-order valence-electron chi connectivity index (χ1n) is 10.2. The summed E-state index contributed by atoms with van der Waals surface area (Å²) < 4.78 is 5.78. The van der Waals surface area contributed by atoms with Gasteiger partial charge in [-0.25, -0.2) is 0 Å². The number of hydrogen-bond acceptors (Lipinski definition) is 6. The van der Waals surface area contributed by atoms with Crippen molar-refractivity contribution in [3.63, 3.8) is 0 Å². The van der Waals surface area contributed by atoms with Gasteiger partial charge in [0.05, 0.1) is 5.25 Å². The highest BCUT2D eigenvalue weighted by Gasteiger charge is 2.27. The molecule has 3 aromatic rings. The summed E-state index contributed by atoms with van der Waals surface area (Å²) in [6.07, 6.45) is 0. The first-order valence-corrected chi connectivity index (χ1v) is 11.1. The van der Waals surface area contributed by atoms with Crippen molar-refractivity contribution < 1.29 is 9.21 Å². The largest absolute Gasteiger partial charge is 0.411 e. The molecule has 4 rings (SSSR count). The van der Waals surface area contributed by atoms with Gasteiger partial charge < -0.3 is 9.32 Å². The van der Waals surface area contributed by atoms with Crippen LogP contribution in [0.15, 0.2) is 64.2 Å². The fourth-order valence-electron chi connectivity index (χ4n) is 3.58. The van der Waals surface area contributed by atoms with Crippen molar-refractivity contribution in [2.45, 2.75) is 30.9 Å². The number of carbonyl (C=O) groups is 1. The molecule has 0 aliphatic carbocycles. The van der Waals surface area contributed by atoms with Gasteiger partial charge in [-0.2, -0.15) is 0 Å². The Kier molecular flexibility index (Phi) is 6.50. The van der Waals surface area contributed by atoms with E-state index in [0.717, 1.165) is 43.9 Å². The third-order valence-electron chi connectivity index (χ3n) is 5.23. The van der Waals surface area contributed by atoms with Crippen LogP contribution in [0.4, 0.5) is 0 Å². The molecule has 156 valence electrons. The molecule has 6 nitrogen and oxygen atoms in total. The minimum Gasteiger partial charge on any atom is -0.411 e. The maximum atomic E-state index is 12.9. The van der Waals surface area contributed by atoms with Gasteiger partial charge in [0.25, 0.3) is 5.22 Å². The molecule has 1 aliphatic heterocycles. The first-order chi connectivity index (χ1) is 14.6. The molecule has 1 aliphatic rings. The van der Waals surface area contributed by atoms with E-state index in [-0.39, 0.29) is 11.2 Å². The van der Waals surface area contributed by atoms with Crippen molar-refractivity contribution in [2.24, 2.45) is 0 Å². The van der Waals surface area contributed by atoms with Crippen LogP contribution in [0.3, 0.4) is 0 Å². The van der Waals surface area contributed by atoms with Crippen LogP contribution in [0.5, 0.6) is 0 Å². The SMILES string of the molecule is Cc1cccc(-c2nnc(S[C@H](C)C(=O)N3CCN(Cc4ccccc4)CC3)o2)c1. The molecule has 1 atom stereocenters. The monoisotopic (exact) mass is 422 g/mol. The number of hydrogen-bond donors (Lipinski definition) is 0. The van der Waals surface area contributed by atoms with Gasteiger partial charge in [0, 0.05) is 38.3 Å². The molecule has 0 radical (unpaired) electrons. The molecule has 7 heteroatoms. The van der Waals surface area contributed by atoms with Crippen molar-refractivity contribution in [3.05, 3.63) is 65.7 Å². The summed E-state index contributed by atoms with van der Waals surface area (Å²) in [4.78, 5) is 17.2. The van der Waals surface area contributed by atoms with Crippen LogP contribution in [-0.2, 0) is 11.3 Å². The zero-order valence-corrected chi connectivity index (χ0v) is 18.1. The van der Waals surface area contributed by atoms with Crippen LogP contribution in [0.25, 0.3) is 11.5 Å². The highest BCUT2D eigenvalue weighted by atomic mass is 32.2. The lowest BCUT2D eigenvalue weighted by Gasteiger charge is -2.35. The number of amides is 1. The lowest BCUT2D eigenvalue weighted by Crippen LogP contribution is -2.50. The summed E-state index contributed by atoms with van der Waals surface area (Å²) in [5, 5.41) is 8.41. The Balaban J connectivity index is 1.29. The van der Waals surface area contributed by atoms with E-state index < -0.39 is 0 Å². The van der Waals surface area contributed by atoms with Crippen LogP contribution in [0, 0.1) is 6.92 Å². The number of aryl methyl sites for hydroxylation is 1. The van der Waals surface area contributed by atoms with E-state index in [1.54, 1.807) is 0 Å². The molecule has 0 unspecified atom stereocenters. The van der Waals surface area contributed by atoms with Crippen molar-refractivity contribution in [2.75, 3.05) is 26.2 Å². The Morgan fingerprint density at radius 1 is 1.07 bits per heavy atom. The molecular formula is C23H26N4O2S. The van der Waals surface area contributed by atoms with Crippen molar-refractivity contribution in [1.82, 2.24) is 20.0 Å². The molecule has 0 spiro atoms. The van der Waals surface area contributed by atoms with Crippen LogP contribution in [0.2, 0.25) is 0 Å². The molecule has 2 heterocycles. The summed E-state index contributed by atoms with van der Waals surface area (Å²) in [7, 11) is 0. The maximum absolute atomic E-state index is 12.9. The number of rotatable bonds is 6. The minimum absolute atomic E-state index is 0.120. The van der Waals surface area contributed by atoms with Gasteiger partial charge in [-0.05, 0) is 31.5 Å². The molecule has 1 saturated heterocycles. The fourth-order valence-corrected chi connectivity index (χ4v) is 4.35. The lowest BCUT2D eigenvalue weighted by molar-refractivity contribution is -0.132. The molecule has 1 aromatic heterocycles. The number of aromatic nitrogens is 2. The molecule has 2 aromatic carbocycles. The molecular weight excluding hydrogens is 396 g/mol. The number of thioether (sulfide) groups is 1. The van der Waals surface area contributed by atoms with Crippen LogP contribution >= 0.6 is 11.8 Å². The van der Waals surface area contributed by atoms with Crippen molar-refractivity contribution in [1.29, 1.82) is 0 Å². The number of benzene rings is 2. The summed E-state index contributed by atoms with van der Waals surface area (Å²) >= 11 is 1.32. The van der Waals surface area contributed by atoms with E-state index in [1.165, 1.54) is 17.3 Å². The number of carbonyl (C=O) groups excluding carboxylic acids is 1. The molecule has 1 fully saturated rings. The third kappa shape index (κ3) is 5.09. The fraction of sp³-hybridized carbons (Fsp3) is 0.348. The predicted octanol–water partition coefficient (Wildman–Crippen LogP) is 3.87. The Bertz CT molecular complexity index is 984. The van der Waals surface area contributed by atoms with Crippen LogP contribution in [-0.4, -0.2) is 57.3 Å². The highest BCUT2D eigenvalue weighted by molar-refractivity contribution is 8.00. The van der Waals surface area contributed by atoms with E-state index >= 15 is 0 Å². The summed E-state index contributed by atoms with van der Waals surface area (Å²) in [5.41, 5.74) is 3.33. The van der Waals surface area contributed by atoms with Crippen molar-refractivity contribution in [3.8, 4) is 11.5 Å². The second-order valence-electron chi connectivity index (χ2n) is 7.59. The highest BCUT2D eigenvalue weighted by Crippen LogP contribution is 2.27. The summed E-state index contributed by atoms with van der Waals surface area (Å²) in [6, 6.07) is 18.4. The van der Waals surface area contributed by atoms with Crippen LogP contribution in [0.1, 0.15) is 18.1 Å². The predicted molar refractivity (Wildman–Crippen MR) is 118 cm³/mol. The van der Waals surface area contributed by atoms with E-state index in [4.69, 9.17) is 4.42 Å². The second-order valence-corrected chi connectivity index (χ2v) is 8.88. The summed E-state index contributed by atoms with van der Waals surface area (Å²) in [6.45, 7) is 8.11. The van der Waals surface area contributed by atoms with Gasteiger partial charge in [0.15, 0.2) is 0 Å². The van der Waals surface area contributed by atoms with Crippen molar-refractivity contribution >= 4 is 17.7 Å². The standard InChI is InChI=1S/C23H26N4O2S/c1-17-7-6-10-20(15-17)21-24-25-23(29-21)30-18(2)22(28)27-13-11-26(12-14-27)16-19-8-4-3-5-9-19/h3-10,15,18H,11-14,16H2,1-2H3/t18-/m1/s1. The molecule has 0 N–H and O–H groups in total. The van der Waals surface area contributed by atoms with Gasteiger partial charge in [-0.3, -0.25) is 9.69 Å². The Morgan fingerprint density at radius 2 is 1.83 bits per heavy atom. The normalized spacial score (nSPS) is 15.9. The molecule has 0 saturated carbocycles. The molecule has 0 bridgehead atoms. The number of piperazine rings is 1. The van der Waals surface area contributed by atoms with E-state index in [9.17, 15) is 4.79 Å². The van der Waals surface area contributed by atoms with E-state index in [2.05, 4.69) is 39.4 Å². The van der Waals surface area contributed by atoms with Gasteiger partial charge in [0.1, 0.15) is 0 Å². The molecule has 30 heavy (non-hydrogen) atoms. The topological polar surface area (TPSA) is 62.5 Å². The first kappa shape index (κ1) is 20.6. The zero-order chi connectivity index (χ0) is 20.9. The molecule has 1 amide bonds. The maximum Gasteiger partial charge on any atom is 0.277 e. The Morgan fingerprint density at radius 3 is 2.57 bits per heavy atom. The lowest BCUT2D eigenvalue weighted by atomic mass is 10.1. The average molecular weight is 423 g/mol. The minimum atomic E-state index is -0.267. The van der Waals surface area contributed by atoms with Gasteiger partial charge >= 0.3 is 0 Å². The van der Waals surface area contributed by atoms with Gasteiger partial charge in [-0.15, -0.1) is 10.2 Å². The Labute approximate surface area is 181 Å².